The van der Waals surface area contributed by atoms with Crippen molar-refractivity contribution in [1.29, 1.82) is 0 Å². The number of benzene rings is 2. The van der Waals surface area contributed by atoms with E-state index in [0.717, 1.165) is 12.1 Å². The van der Waals surface area contributed by atoms with Crippen molar-refractivity contribution in [2.75, 3.05) is 13.6 Å². The van der Waals surface area contributed by atoms with E-state index < -0.39 is 43.9 Å². The van der Waals surface area contributed by atoms with Crippen molar-refractivity contribution < 1.29 is 41.4 Å². The van der Waals surface area contributed by atoms with Crippen LogP contribution in [0.3, 0.4) is 0 Å². The number of alkyl halides is 5. The van der Waals surface area contributed by atoms with E-state index in [0.29, 0.717) is 12.1 Å². The Hall–Kier alpha value is -1.99. The molecule has 0 spiro atoms. The van der Waals surface area contributed by atoms with Gasteiger partial charge in [-0.3, -0.25) is 0 Å². The van der Waals surface area contributed by atoms with E-state index >= 15 is 0 Å². The third kappa shape index (κ3) is 5.67. The first-order valence-corrected chi connectivity index (χ1v) is 11.1. The van der Waals surface area contributed by atoms with E-state index in [9.17, 15) is 41.4 Å². The highest BCUT2D eigenvalue weighted by Crippen LogP contribution is 3.02. The molecule has 0 aliphatic rings. The molecular weight excluding hydrogens is 478 g/mol. The average Bonchev–Trinajstić information content (AvgIpc) is 2.63. The number of hydrogen-bond donors (Lipinski definition) is 2. The minimum absolute atomic E-state index is 0.0192. The Morgan fingerprint density at radius 3 is 1.94 bits per heavy atom. The van der Waals surface area contributed by atoms with Crippen molar-refractivity contribution in [2.45, 2.75) is 37.0 Å². The summed E-state index contributed by atoms with van der Waals surface area (Å²) in [7, 11) is -8.80. The first-order chi connectivity index (χ1) is 14.3. The van der Waals surface area contributed by atoms with Gasteiger partial charge in [0.25, 0.3) is 0 Å². The maximum absolute atomic E-state index is 14.3. The highest BCUT2D eigenvalue weighted by Gasteiger charge is 2.65. The van der Waals surface area contributed by atoms with Gasteiger partial charge < -0.3 is 10.6 Å². The topological polar surface area (TPSA) is 24.1 Å². The van der Waals surface area contributed by atoms with Crippen LogP contribution < -0.4 is 10.6 Å². The largest absolute Gasteiger partial charge is 0.458 e. The lowest BCUT2D eigenvalue weighted by Gasteiger charge is -2.41. The van der Waals surface area contributed by atoms with Gasteiger partial charge in [-0.25, -0.2) is 0 Å². The summed E-state index contributed by atoms with van der Waals surface area (Å²) in [5.41, 5.74) is -3.35. The zero-order valence-electron chi connectivity index (χ0n) is 16.8. The minimum Gasteiger partial charge on any atom is -0.316 e. The molecule has 2 nitrogen and oxygen atoms in total. The zero-order chi connectivity index (χ0) is 24.7. The number of rotatable bonds is 8. The van der Waals surface area contributed by atoms with Crippen LogP contribution in [0.2, 0.25) is 0 Å². The van der Waals surface area contributed by atoms with Gasteiger partial charge in [-0.15, -0.1) is 0 Å². The fraction of sp³-hybridized carbons (Fsp3) is 0.368. The van der Waals surface area contributed by atoms with Crippen LogP contribution in [-0.2, 0) is 19.0 Å². The van der Waals surface area contributed by atoms with Crippen LogP contribution in [-0.4, -0.2) is 19.8 Å². The molecule has 0 aliphatic heterocycles. The third-order valence-corrected chi connectivity index (χ3v) is 5.69. The van der Waals surface area contributed by atoms with Crippen molar-refractivity contribution in [3.8, 4) is 11.1 Å². The highest BCUT2D eigenvalue weighted by molar-refractivity contribution is 8.45. The Labute approximate surface area is 177 Å². The summed E-state index contributed by atoms with van der Waals surface area (Å²) in [5.74, 6) is -5.44. The molecule has 182 valence electrons. The van der Waals surface area contributed by atoms with Gasteiger partial charge in [-0.2, -0.15) is 22.0 Å². The standard InChI is InChI=1S/C19H20F10N2S/c1-3-31-11-13-5-6-14(32(25,26,27,28)29)9-15(13)16-8-12(10-30-2)4-7-17(16)18(20,21)19(22,23)24/h4-9,30-31H,3,10-11H2,1-2H3. The van der Waals surface area contributed by atoms with Gasteiger partial charge in [0, 0.05) is 18.7 Å². The number of hydrogen-bond acceptors (Lipinski definition) is 2. The summed E-state index contributed by atoms with van der Waals surface area (Å²) in [4.78, 5) is -2.39. The molecule has 0 bridgehead atoms. The number of halogens is 10. The lowest BCUT2D eigenvalue weighted by molar-refractivity contribution is -0.289. The van der Waals surface area contributed by atoms with Crippen LogP contribution in [0.1, 0.15) is 23.6 Å². The van der Waals surface area contributed by atoms with Gasteiger partial charge in [0.05, 0.1) is 0 Å². The quantitative estimate of drug-likeness (QED) is 0.369. The van der Waals surface area contributed by atoms with Crippen molar-refractivity contribution in [3.05, 3.63) is 53.1 Å². The molecule has 0 radical (unpaired) electrons. The normalized spacial score (nSPS) is 15.4. The van der Waals surface area contributed by atoms with Gasteiger partial charge in [-0.1, -0.05) is 44.6 Å². The summed E-state index contributed by atoms with van der Waals surface area (Å²) in [6.07, 6.45) is -6.06. The monoisotopic (exact) mass is 498 g/mol. The highest BCUT2D eigenvalue weighted by atomic mass is 32.5. The summed E-state index contributed by atoms with van der Waals surface area (Å²) < 4.78 is 135. The van der Waals surface area contributed by atoms with E-state index in [-0.39, 0.29) is 42.9 Å². The second-order valence-electron chi connectivity index (χ2n) is 7.05. The summed E-state index contributed by atoms with van der Waals surface area (Å²) in [6, 6.07) is 2.91. The second-order valence-corrected chi connectivity index (χ2v) is 9.46. The molecule has 0 atom stereocenters. The van der Waals surface area contributed by atoms with E-state index in [4.69, 9.17) is 0 Å². The van der Waals surface area contributed by atoms with Gasteiger partial charge in [0.1, 0.15) is 4.90 Å². The van der Waals surface area contributed by atoms with Crippen LogP contribution in [0, 0.1) is 0 Å². The summed E-state index contributed by atoms with van der Waals surface area (Å²) in [6.45, 7) is 1.61. The zero-order valence-corrected chi connectivity index (χ0v) is 17.6. The molecule has 2 rings (SSSR count). The molecule has 0 heterocycles. The molecule has 2 N–H and O–H groups in total. The molecule has 0 saturated carbocycles. The molecular formula is C19H20F10N2S. The second kappa shape index (κ2) is 7.80. The molecule has 0 saturated heterocycles. The first kappa shape index (κ1) is 26.3. The van der Waals surface area contributed by atoms with Crippen LogP contribution in [0.5, 0.6) is 0 Å². The van der Waals surface area contributed by atoms with Crippen LogP contribution in [0.15, 0.2) is 41.3 Å². The van der Waals surface area contributed by atoms with Gasteiger partial charge >= 0.3 is 22.3 Å². The van der Waals surface area contributed by atoms with E-state index in [2.05, 4.69) is 10.6 Å². The molecule has 13 heteroatoms. The average molecular weight is 498 g/mol. The molecule has 32 heavy (non-hydrogen) atoms. The van der Waals surface area contributed by atoms with Crippen molar-refractivity contribution in [1.82, 2.24) is 10.6 Å². The molecule has 0 unspecified atom stereocenters. The van der Waals surface area contributed by atoms with Crippen molar-refractivity contribution in [3.63, 3.8) is 0 Å². The molecule has 2 aromatic rings. The van der Waals surface area contributed by atoms with Gasteiger partial charge in [-0.05, 0) is 54.0 Å². The van der Waals surface area contributed by atoms with Crippen LogP contribution >= 0.6 is 10.2 Å². The van der Waals surface area contributed by atoms with Crippen molar-refractivity contribution >= 4 is 10.2 Å². The third-order valence-electron chi connectivity index (χ3n) is 4.54. The SMILES string of the molecule is CCNCc1ccc(S(F)(F)(F)(F)F)cc1-c1cc(CNC)ccc1C(F)(F)C(F)(F)F. The molecule has 0 amide bonds. The Morgan fingerprint density at radius 2 is 1.44 bits per heavy atom. The Kier molecular flexibility index (Phi) is 6.40. The minimum atomic E-state index is -10.2. The van der Waals surface area contributed by atoms with E-state index in [1.807, 2.05) is 0 Å². The molecule has 2 aromatic carbocycles. The maximum atomic E-state index is 14.3. The van der Waals surface area contributed by atoms with Crippen LogP contribution in [0.25, 0.3) is 11.1 Å². The summed E-state index contributed by atoms with van der Waals surface area (Å²) >= 11 is 0. The molecule has 0 aliphatic carbocycles. The lowest BCUT2D eigenvalue weighted by Crippen LogP contribution is -2.34. The van der Waals surface area contributed by atoms with E-state index in [1.165, 1.54) is 7.05 Å². The van der Waals surface area contributed by atoms with Gasteiger partial charge in [0.2, 0.25) is 0 Å². The summed E-state index contributed by atoms with van der Waals surface area (Å²) in [5, 5.41) is 5.33. The van der Waals surface area contributed by atoms with Crippen LogP contribution in [0.4, 0.5) is 41.4 Å². The Bertz CT molecular complexity index is 985. The number of nitrogens with one attached hydrogen (secondary N) is 2. The Balaban J connectivity index is 2.93. The fourth-order valence-electron chi connectivity index (χ4n) is 3.01. The predicted molar refractivity (Wildman–Crippen MR) is 103 cm³/mol. The fourth-order valence-corrected chi connectivity index (χ4v) is 3.68. The smallest absolute Gasteiger partial charge is 0.316 e. The molecule has 0 aromatic heterocycles. The predicted octanol–water partition coefficient (Wildman–Crippen LogP) is 7.49. The van der Waals surface area contributed by atoms with Crippen molar-refractivity contribution in [2.24, 2.45) is 0 Å². The maximum Gasteiger partial charge on any atom is 0.458 e. The van der Waals surface area contributed by atoms with E-state index in [1.54, 1.807) is 6.92 Å². The first-order valence-electron chi connectivity index (χ1n) is 9.12. The van der Waals surface area contributed by atoms with Gasteiger partial charge in [0.15, 0.2) is 0 Å². The molecule has 0 fully saturated rings. The Morgan fingerprint density at radius 1 is 0.812 bits per heavy atom. The lowest BCUT2D eigenvalue weighted by atomic mass is 9.90.